The van der Waals surface area contributed by atoms with Crippen LogP contribution in [0.4, 0.5) is 10.2 Å². The summed E-state index contributed by atoms with van der Waals surface area (Å²) in [6, 6.07) is 3.39. The molecule has 2 heterocycles. The Morgan fingerprint density at radius 1 is 1.26 bits per heavy atom. The van der Waals surface area contributed by atoms with Crippen molar-refractivity contribution in [1.29, 1.82) is 0 Å². The SMILES string of the molecule is CCCc1nc(NCC)cc(-c2ccncc2F)n1. The predicted octanol–water partition coefficient (Wildman–Crippen LogP) is 3.06. The lowest BCUT2D eigenvalue weighted by atomic mass is 10.1. The third kappa shape index (κ3) is 3.24. The lowest BCUT2D eigenvalue weighted by Crippen LogP contribution is -2.05. The third-order valence-corrected chi connectivity index (χ3v) is 2.65. The molecule has 2 aromatic heterocycles. The lowest BCUT2D eigenvalue weighted by molar-refractivity contribution is 0.624. The van der Waals surface area contributed by atoms with E-state index in [1.54, 1.807) is 18.3 Å². The first-order chi connectivity index (χ1) is 9.24. The van der Waals surface area contributed by atoms with Crippen molar-refractivity contribution in [3.63, 3.8) is 0 Å². The highest BCUT2D eigenvalue weighted by atomic mass is 19.1. The van der Waals surface area contributed by atoms with E-state index in [-0.39, 0.29) is 5.82 Å². The molecular weight excluding hydrogens is 243 g/mol. The van der Waals surface area contributed by atoms with Crippen LogP contribution in [0.5, 0.6) is 0 Å². The van der Waals surface area contributed by atoms with Crippen LogP contribution >= 0.6 is 0 Å². The Kier molecular flexibility index (Phi) is 4.39. The van der Waals surface area contributed by atoms with Crippen LogP contribution in [0.15, 0.2) is 24.5 Å². The van der Waals surface area contributed by atoms with Crippen molar-refractivity contribution < 1.29 is 4.39 Å². The van der Waals surface area contributed by atoms with E-state index >= 15 is 0 Å². The number of halogens is 1. The zero-order chi connectivity index (χ0) is 13.7. The Morgan fingerprint density at radius 3 is 2.79 bits per heavy atom. The smallest absolute Gasteiger partial charge is 0.150 e. The highest BCUT2D eigenvalue weighted by Crippen LogP contribution is 2.22. The molecule has 4 nitrogen and oxygen atoms in total. The maximum atomic E-state index is 13.8. The van der Waals surface area contributed by atoms with Gasteiger partial charge in [0, 0.05) is 30.8 Å². The summed E-state index contributed by atoms with van der Waals surface area (Å²) in [6.07, 6.45) is 4.49. The number of hydrogen-bond acceptors (Lipinski definition) is 4. The van der Waals surface area contributed by atoms with E-state index in [0.29, 0.717) is 11.3 Å². The Hall–Kier alpha value is -2.04. The Bertz CT molecular complexity index is 533. The fourth-order valence-electron chi connectivity index (χ4n) is 1.83. The molecule has 0 bridgehead atoms. The second kappa shape index (κ2) is 6.22. The van der Waals surface area contributed by atoms with E-state index in [0.717, 1.165) is 31.0 Å². The van der Waals surface area contributed by atoms with Crippen molar-refractivity contribution in [2.24, 2.45) is 0 Å². The van der Waals surface area contributed by atoms with Crippen molar-refractivity contribution >= 4 is 5.82 Å². The molecule has 19 heavy (non-hydrogen) atoms. The van der Waals surface area contributed by atoms with E-state index in [4.69, 9.17) is 0 Å². The molecule has 0 atom stereocenters. The average Bonchev–Trinajstić information content (AvgIpc) is 2.40. The quantitative estimate of drug-likeness (QED) is 0.897. The lowest BCUT2D eigenvalue weighted by Gasteiger charge is -2.09. The highest BCUT2D eigenvalue weighted by Gasteiger charge is 2.10. The molecule has 0 spiro atoms. The molecule has 0 aliphatic heterocycles. The summed E-state index contributed by atoms with van der Waals surface area (Å²) in [5, 5.41) is 3.15. The largest absolute Gasteiger partial charge is 0.370 e. The zero-order valence-corrected chi connectivity index (χ0v) is 11.2. The molecule has 0 aliphatic carbocycles. The van der Waals surface area contributed by atoms with Crippen LogP contribution < -0.4 is 5.32 Å². The molecule has 100 valence electrons. The van der Waals surface area contributed by atoms with Gasteiger partial charge in [0.25, 0.3) is 0 Å². The van der Waals surface area contributed by atoms with Gasteiger partial charge in [0.2, 0.25) is 0 Å². The van der Waals surface area contributed by atoms with Crippen LogP contribution in [0.25, 0.3) is 11.3 Å². The van der Waals surface area contributed by atoms with Crippen LogP contribution in [-0.4, -0.2) is 21.5 Å². The molecule has 1 N–H and O–H groups in total. The van der Waals surface area contributed by atoms with Gasteiger partial charge in [-0.15, -0.1) is 0 Å². The van der Waals surface area contributed by atoms with E-state index in [1.807, 2.05) is 6.92 Å². The van der Waals surface area contributed by atoms with Crippen LogP contribution in [0.1, 0.15) is 26.1 Å². The van der Waals surface area contributed by atoms with Gasteiger partial charge in [0.05, 0.1) is 11.9 Å². The summed E-state index contributed by atoms with van der Waals surface area (Å²) in [5.41, 5.74) is 1.04. The maximum absolute atomic E-state index is 13.8. The first kappa shape index (κ1) is 13.4. The van der Waals surface area contributed by atoms with Gasteiger partial charge in [-0.2, -0.15) is 0 Å². The standard InChI is InChI=1S/C14H17FN4/c1-3-5-13-18-12(8-14(19-13)17-4-2)10-6-7-16-9-11(10)15/h6-9H,3-5H2,1-2H3,(H,17,18,19). The molecule has 2 aromatic rings. The van der Waals surface area contributed by atoms with Crippen molar-refractivity contribution in [1.82, 2.24) is 15.0 Å². The number of rotatable bonds is 5. The fraction of sp³-hybridized carbons (Fsp3) is 0.357. The van der Waals surface area contributed by atoms with Crippen LogP contribution in [0.2, 0.25) is 0 Å². The Morgan fingerprint density at radius 2 is 2.11 bits per heavy atom. The summed E-state index contributed by atoms with van der Waals surface area (Å²) in [7, 11) is 0. The van der Waals surface area contributed by atoms with Gasteiger partial charge >= 0.3 is 0 Å². The van der Waals surface area contributed by atoms with Crippen molar-refractivity contribution in [2.45, 2.75) is 26.7 Å². The van der Waals surface area contributed by atoms with Gasteiger partial charge in [0.1, 0.15) is 11.6 Å². The predicted molar refractivity (Wildman–Crippen MR) is 73.4 cm³/mol. The topological polar surface area (TPSA) is 50.7 Å². The van der Waals surface area contributed by atoms with Crippen molar-refractivity contribution in [2.75, 3.05) is 11.9 Å². The molecule has 0 saturated heterocycles. The molecular formula is C14H17FN4. The van der Waals surface area contributed by atoms with Gasteiger partial charge in [0.15, 0.2) is 5.82 Å². The number of nitrogens with zero attached hydrogens (tertiary/aromatic N) is 3. The van der Waals surface area contributed by atoms with Gasteiger partial charge < -0.3 is 5.32 Å². The first-order valence-electron chi connectivity index (χ1n) is 6.46. The molecule has 0 aromatic carbocycles. The van der Waals surface area contributed by atoms with Crippen molar-refractivity contribution in [3.8, 4) is 11.3 Å². The van der Waals surface area contributed by atoms with E-state index in [9.17, 15) is 4.39 Å². The minimum absolute atomic E-state index is 0.369. The summed E-state index contributed by atoms with van der Waals surface area (Å²) < 4.78 is 13.8. The maximum Gasteiger partial charge on any atom is 0.150 e. The molecule has 0 aliphatic rings. The van der Waals surface area contributed by atoms with E-state index in [2.05, 4.69) is 27.2 Å². The Balaban J connectivity index is 2.46. The summed E-state index contributed by atoms with van der Waals surface area (Å²) in [5.74, 6) is 1.09. The Labute approximate surface area is 112 Å². The molecule has 0 radical (unpaired) electrons. The monoisotopic (exact) mass is 260 g/mol. The number of nitrogens with one attached hydrogen (secondary N) is 1. The average molecular weight is 260 g/mol. The van der Waals surface area contributed by atoms with Crippen LogP contribution in [0, 0.1) is 5.82 Å². The van der Waals surface area contributed by atoms with Gasteiger partial charge in [-0.3, -0.25) is 4.98 Å². The second-order valence-electron chi connectivity index (χ2n) is 4.19. The van der Waals surface area contributed by atoms with Crippen LogP contribution in [0.3, 0.4) is 0 Å². The number of aromatic nitrogens is 3. The van der Waals surface area contributed by atoms with Gasteiger partial charge in [-0.05, 0) is 19.4 Å². The first-order valence-corrected chi connectivity index (χ1v) is 6.46. The molecule has 0 fully saturated rings. The number of aryl methyl sites for hydroxylation is 1. The van der Waals surface area contributed by atoms with Crippen molar-refractivity contribution in [3.05, 3.63) is 36.2 Å². The van der Waals surface area contributed by atoms with E-state index in [1.165, 1.54) is 6.20 Å². The molecule has 0 saturated carbocycles. The number of hydrogen-bond donors (Lipinski definition) is 1. The molecule has 5 heteroatoms. The minimum Gasteiger partial charge on any atom is -0.370 e. The fourth-order valence-corrected chi connectivity index (χ4v) is 1.83. The molecule has 0 amide bonds. The summed E-state index contributed by atoms with van der Waals surface area (Å²) in [6.45, 7) is 4.82. The normalized spacial score (nSPS) is 10.5. The van der Waals surface area contributed by atoms with Gasteiger partial charge in [-0.25, -0.2) is 14.4 Å². The van der Waals surface area contributed by atoms with Crippen LogP contribution in [-0.2, 0) is 6.42 Å². The highest BCUT2D eigenvalue weighted by molar-refractivity contribution is 5.62. The minimum atomic E-state index is -0.369. The number of anilines is 1. The van der Waals surface area contributed by atoms with E-state index < -0.39 is 0 Å². The van der Waals surface area contributed by atoms with Gasteiger partial charge in [-0.1, -0.05) is 6.92 Å². The summed E-state index contributed by atoms with van der Waals surface area (Å²) >= 11 is 0. The third-order valence-electron chi connectivity index (χ3n) is 2.65. The molecule has 0 unspecified atom stereocenters. The number of pyridine rings is 1. The summed E-state index contributed by atoms with van der Waals surface area (Å²) in [4.78, 5) is 12.6. The molecule has 2 rings (SSSR count). The second-order valence-corrected chi connectivity index (χ2v) is 4.19. The zero-order valence-electron chi connectivity index (χ0n) is 11.2.